The van der Waals surface area contributed by atoms with E-state index >= 15 is 0 Å². The molecule has 0 amide bonds. The van der Waals surface area contributed by atoms with E-state index in [0.717, 1.165) is 5.56 Å². The lowest BCUT2D eigenvalue weighted by Gasteiger charge is -2.11. The summed E-state index contributed by atoms with van der Waals surface area (Å²) in [6.45, 7) is 1.84. The Bertz CT molecular complexity index is 364. The number of aliphatic carboxylic acids is 1. The van der Waals surface area contributed by atoms with Gasteiger partial charge in [0.15, 0.2) is 0 Å². The molecule has 0 fully saturated rings. The Morgan fingerprint density at radius 2 is 2.13 bits per heavy atom. The monoisotopic (exact) mass is 246 g/mol. The van der Waals surface area contributed by atoms with E-state index in [2.05, 4.69) is 0 Å². The van der Waals surface area contributed by atoms with Crippen molar-refractivity contribution in [1.82, 2.24) is 0 Å². The molecule has 0 aliphatic heterocycles. The fraction of sp³-hybridized carbons (Fsp3) is 0.364. The summed E-state index contributed by atoms with van der Waals surface area (Å²) in [6, 6.07) is 5.27. The number of halogens is 2. The summed E-state index contributed by atoms with van der Waals surface area (Å²) in [4.78, 5) is 10.9. The van der Waals surface area contributed by atoms with Gasteiger partial charge in [-0.25, -0.2) is 0 Å². The van der Waals surface area contributed by atoms with Gasteiger partial charge in [-0.2, -0.15) is 0 Å². The molecule has 82 valence electrons. The van der Waals surface area contributed by atoms with Gasteiger partial charge >= 0.3 is 5.97 Å². The molecule has 0 aliphatic carbocycles. The molecule has 1 rings (SSSR count). The number of benzene rings is 1. The molecule has 0 bridgehead atoms. The van der Waals surface area contributed by atoms with Crippen molar-refractivity contribution in [2.45, 2.75) is 19.8 Å². The molecule has 15 heavy (non-hydrogen) atoms. The Balaban J connectivity index is 2.88. The highest BCUT2D eigenvalue weighted by Gasteiger charge is 2.17. The largest absolute Gasteiger partial charge is 0.481 e. The Morgan fingerprint density at radius 3 is 2.67 bits per heavy atom. The number of hydrogen-bond donors (Lipinski definition) is 1. The van der Waals surface area contributed by atoms with Crippen molar-refractivity contribution in [3.05, 3.63) is 33.8 Å². The molecule has 0 unspecified atom stereocenters. The number of carboxylic acid groups (broad SMARTS) is 1. The summed E-state index contributed by atoms with van der Waals surface area (Å²) < 4.78 is 0. The fourth-order valence-electron chi connectivity index (χ4n) is 1.38. The van der Waals surface area contributed by atoms with Gasteiger partial charge in [0.1, 0.15) is 0 Å². The summed E-state index contributed by atoms with van der Waals surface area (Å²) >= 11 is 11.8. The van der Waals surface area contributed by atoms with Crippen molar-refractivity contribution in [2.75, 3.05) is 0 Å². The van der Waals surface area contributed by atoms with Gasteiger partial charge in [0.05, 0.1) is 16.0 Å². The highest BCUT2D eigenvalue weighted by molar-refractivity contribution is 6.42. The molecule has 0 aromatic heterocycles. The second kappa shape index (κ2) is 5.38. The van der Waals surface area contributed by atoms with E-state index in [4.69, 9.17) is 28.3 Å². The lowest BCUT2D eigenvalue weighted by molar-refractivity contribution is -0.141. The summed E-state index contributed by atoms with van der Waals surface area (Å²) in [5, 5.41) is 9.84. The Kier molecular flexibility index (Phi) is 4.43. The van der Waals surface area contributed by atoms with E-state index in [1.807, 2.05) is 6.92 Å². The van der Waals surface area contributed by atoms with Crippen LogP contribution in [0.1, 0.15) is 18.9 Å². The molecule has 0 radical (unpaired) electrons. The first-order chi connectivity index (χ1) is 7.06. The second-order valence-electron chi connectivity index (χ2n) is 3.36. The maximum atomic E-state index is 10.9. The molecular weight excluding hydrogens is 235 g/mol. The molecule has 2 nitrogen and oxygen atoms in total. The van der Waals surface area contributed by atoms with Crippen molar-refractivity contribution < 1.29 is 9.90 Å². The van der Waals surface area contributed by atoms with Gasteiger partial charge in [-0.15, -0.1) is 0 Å². The van der Waals surface area contributed by atoms with Gasteiger partial charge in [0.2, 0.25) is 0 Å². The molecule has 0 saturated carbocycles. The van der Waals surface area contributed by atoms with E-state index in [1.165, 1.54) is 0 Å². The van der Waals surface area contributed by atoms with Gasteiger partial charge in [-0.05, 0) is 24.5 Å². The van der Waals surface area contributed by atoms with E-state index in [9.17, 15) is 4.79 Å². The minimum atomic E-state index is -0.798. The van der Waals surface area contributed by atoms with Crippen LogP contribution in [0, 0.1) is 5.92 Å². The van der Waals surface area contributed by atoms with Gasteiger partial charge in [-0.1, -0.05) is 42.3 Å². The topological polar surface area (TPSA) is 37.3 Å². The van der Waals surface area contributed by atoms with Gasteiger partial charge < -0.3 is 5.11 Å². The molecule has 1 N–H and O–H groups in total. The molecular formula is C11H12Cl2O2. The summed E-state index contributed by atoms with van der Waals surface area (Å²) in [5.41, 5.74) is 0.790. The van der Waals surface area contributed by atoms with Crippen LogP contribution >= 0.6 is 23.2 Å². The van der Waals surface area contributed by atoms with E-state index in [-0.39, 0.29) is 0 Å². The molecule has 4 heteroatoms. The number of carboxylic acids is 1. The van der Waals surface area contributed by atoms with Crippen molar-refractivity contribution in [3.8, 4) is 0 Å². The third-order valence-electron chi connectivity index (χ3n) is 2.34. The van der Waals surface area contributed by atoms with Crippen molar-refractivity contribution in [3.63, 3.8) is 0 Å². The van der Waals surface area contributed by atoms with Crippen LogP contribution in [-0.2, 0) is 11.2 Å². The van der Waals surface area contributed by atoms with Crippen LogP contribution < -0.4 is 0 Å². The van der Waals surface area contributed by atoms with E-state index < -0.39 is 11.9 Å². The average Bonchev–Trinajstić information content (AvgIpc) is 2.19. The normalized spacial score (nSPS) is 12.5. The third kappa shape index (κ3) is 3.11. The predicted molar refractivity (Wildman–Crippen MR) is 61.6 cm³/mol. The first kappa shape index (κ1) is 12.3. The number of carbonyl (C=O) groups is 1. The maximum Gasteiger partial charge on any atom is 0.306 e. The average molecular weight is 247 g/mol. The molecule has 0 spiro atoms. The molecule has 0 heterocycles. The zero-order chi connectivity index (χ0) is 11.4. The summed E-state index contributed by atoms with van der Waals surface area (Å²) in [5.74, 6) is -1.20. The van der Waals surface area contributed by atoms with Crippen LogP contribution in [0.25, 0.3) is 0 Å². The van der Waals surface area contributed by atoms with Crippen LogP contribution in [0.2, 0.25) is 10.0 Å². The Morgan fingerprint density at radius 1 is 1.47 bits per heavy atom. The maximum absolute atomic E-state index is 10.9. The Hall–Kier alpha value is -0.730. The van der Waals surface area contributed by atoms with Gasteiger partial charge in [0.25, 0.3) is 0 Å². The third-order valence-corrected chi connectivity index (χ3v) is 3.20. The lowest BCUT2D eigenvalue weighted by atomic mass is 9.97. The number of hydrogen-bond acceptors (Lipinski definition) is 1. The molecule has 0 aliphatic rings. The van der Waals surface area contributed by atoms with Gasteiger partial charge in [0, 0.05) is 0 Å². The summed E-state index contributed by atoms with van der Waals surface area (Å²) in [6.07, 6.45) is 1.00. The minimum absolute atomic E-state index is 0.402. The highest BCUT2D eigenvalue weighted by Crippen LogP contribution is 2.27. The van der Waals surface area contributed by atoms with E-state index in [0.29, 0.717) is 22.9 Å². The van der Waals surface area contributed by atoms with Crippen molar-refractivity contribution >= 4 is 29.2 Å². The van der Waals surface area contributed by atoms with E-state index in [1.54, 1.807) is 18.2 Å². The number of rotatable bonds is 4. The van der Waals surface area contributed by atoms with Crippen LogP contribution in [0.15, 0.2) is 18.2 Å². The first-order valence-corrected chi connectivity index (χ1v) is 5.47. The molecule has 1 aromatic rings. The SMILES string of the molecule is CC[C@@H](Cc1cccc(Cl)c1Cl)C(=O)O. The van der Waals surface area contributed by atoms with Crippen molar-refractivity contribution in [1.29, 1.82) is 0 Å². The second-order valence-corrected chi connectivity index (χ2v) is 4.15. The summed E-state index contributed by atoms with van der Waals surface area (Å²) in [7, 11) is 0. The smallest absolute Gasteiger partial charge is 0.306 e. The highest BCUT2D eigenvalue weighted by atomic mass is 35.5. The quantitative estimate of drug-likeness (QED) is 0.881. The standard InChI is InChI=1S/C11H12Cl2O2/c1-2-7(11(14)15)6-8-4-3-5-9(12)10(8)13/h3-5,7H,2,6H2,1H3,(H,14,15)/t7-/m0/s1. The molecule has 1 atom stereocenters. The Labute approximate surface area is 98.8 Å². The molecule has 1 aromatic carbocycles. The van der Waals surface area contributed by atoms with Crippen LogP contribution in [0.3, 0.4) is 0 Å². The fourth-order valence-corrected chi connectivity index (χ4v) is 1.78. The zero-order valence-electron chi connectivity index (χ0n) is 8.34. The molecule has 0 saturated heterocycles. The van der Waals surface area contributed by atoms with Gasteiger partial charge in [-0.3, -0.25) is 4.79 Å². The first-order valence-electron chi connectivity index (χ1n) is 4.72. The lowest BCUT2D eigenvalue weighted by Crippen LogP contribution is -2.15. The zero-order valence-corrected chi connectivity index (χ0v) is 9.85. The van der Waals surface area contributed by atoms with Crippen LogP contribution in [0.5, 0.6) is 0 Å². The van der Waals surface area contributed by atoms with Crippen molar-refractivity contribution in [2.24, 2.45) is 5.92 Å². The van der Waals surface area contributed by atoms with Crippen LogP contribution in [0.4, 0.5) is 0 Å². The predicted octanol–water partition coefficient (Wildman–Crippen LogP) is 3.65. The minimum Gasteiger partial charge on any atom is -0.481 e. The van der Waals surface area contributed by atoms with Crippen LogP contribution in [-0.4, -0.2) is 11.1 Å².